The highest BCUT2D eigenvalue weighted by Gasteiger charge is 2.50. The zero-order valence-electron chi connectivity index (χ0n) is 37.6. The maximum Gasteiger partial charge on any atom is 0.264 e. The molecule has 2 bridgehead atoms. The summed E-state index contributed by atoms with van der Waals surface area (Å²) in [6, 6.07) is 22.1. The maximum absolute atomic E-state index is 13.8. The summed E-state index contributed by atoms with van der Waals surface area (Å²) in [5.41, 5.74) is 2.70. The smallest absolute Gasteiger partial charge is 0.264 e. The molecule has 4 aliphatic heterocycles. The van der Waals surface area contributed by atoms with E-state index >= 15 is 0 Å². The van der Waals surface area contributed by atoms with Crippen LogP contribution in [0.4, 0.5) is 5.69 Å². The number of carbonyl (C=O) groups excluding carboxylic acids is 2. The van der Waals surface area contributed by atoms with Gasteiger partial charge in [0, 0.05) is 105 Å². The van der Waals surface area contributed by atoms with E-state index in [1.807, 2.05) is 50.4 Å². The number of hydrogen-bond acceptors (Lipinski definition) is 10. The fourth-order valence-corrected chi connectivity index (χ4v) is 13.8. The summed E-state index contributed by atoms with van der Waals surface area (Å²) in [5.74, 6) is 1.27. The number of amides is 2. The van der Waals surface area contributed by atoms with E-state index in [1.165, 1.54) is 16.0 Å². The first-order valence-corrected chi connectivity index (χ1v) is 26.3. The van der Waals surface area contributed by atoms with Gasteiger partial charge < -0.3 is 19.3 Å². The van der Waals surface area contributed by atoms with Gasteiger partial charge in [-0.15, -0.1) is 11.8 Å². The Morgan fingerprint density at radius 1 is 1.00 bits per heavy atom. The molecule has 2 saturated heterocycles. The first kappa shape index (κ1) is 45.6. The molecule has 64 heavy (non-hydrogen) atoms. The lowest BCUT2D eigenvalue weighted by molar-refractivity contribution is -0.136. The predicted octanol–water partition coefficient (Wildman–Crippen LogP) is 7.28. The molecule has 9 rings (SSSR count). The third-order valence-electron chi connectivity index (χ3n) is 15.5. The second kappa shape index (κ2) is 19.0. The number of anilines is 1. The van der Waals surface area contributed by atoms with Crippen LogP contribution in [0.25, 0.3) is 0 Å². The molecule has 4 heterocycles. The van der Waals surface area contributed by atoms with E-state index in [2.05, 4.69) is 60.7 Å². The van der Waals surface area contributed by atoms with Crippen molar-refractivity contribution in [3.63, 3.8) is 0 Å². The number of carbonyl (C=O) groups is 2. The van der Waals surface area contributed by atoms with Crippen LogP contribution in [0.2, 0.25) is 5.02 Å². The molecule has 14 heteroatoms. The van der Waals surface area contributed by atoms with Crippen molar-refractivity contribution >= 4 is 50.9 Å². The van der Waals surface area contributed by atoms with Gasteiger partial charge >= 0.3 is 0 Å². The molecule has 1 saturated carbocycles. The highest BCUT2D eigenvalue weighted by atomic mass is 35.5. The van der Waals surface area contributed by atoms with Crippen molar-refractivity contribution in [2.24, 2.45) is 17.8 Å². The Labute approximate surface area is 389 Å². The monoisotopic (exact) mass is 929 g/mol. The van der Waals surface area contributed by atoms with Gasteiger partial charge in [-0.1, -0.05) is 54.9 Å². The lowest BCUT2D eigenvalue weighted by Gasteiger charge is -2.53. The number of halogens is 1. The Hall–Kier alpha value is -3.59. The Bertz CT molecular complexity index is 2340. The Kier molecular flexibility index (Phi) is 13.5. The number of ether oxygens (including phenoxy) is 2. The highest BCUT2D eigenvalue weighted by Crippen LogP contribution is 2.49. The zero-order chi connectivity index (χ0) is 44.6. The number of methoxy groups -OCH3 is 1. The minimum atomic E-state index is -4.00. The summed E-state index contributed by atoms with van der Waals surface area (Å²) in [6.45, 7) is 11.3. The van der Waals surface area contributed by atoms with Gasteiger partial charge in [0.2, 0.25) is 15.9 Å². The van der Waals surface area contributed by atoms with Gasteiger partial charge in [-0.3, -0.25) is 19.4 Å². The Morgan fingerprint density at radius 3 is 2.62 bits per heavy atom. The SMILES string of the molecule is CO[C@@]1(CN2CCN3CCN(C(=O)CCSc4ccccc4)C[C@H]3C2)/C=C/C[C@H](C)[C@@H](C)S(=O)(=O)NC(=O)c2ccc3c(c2)N(C[C@@H]2CC[C@H]21)C[C@@]1(CCCc2cc(Cl)ccc21)CO3. The molecule has 2 aliphatic carbocycles. The molecule has 2 amide bonds. The zero-order valence-corrected chi connectivity index (χ0v) is 39.9. The van der Waals surface area contributed by atoms with Crippen molar-refractivity contribution in [2.75, 3.05) is 83.3 Å². The molecule has 7 atom stereocenters. The second-order valence-corrected chi connectivity index (χ2v) is 23.0. The van der Waals surface area contributed by atoms with Crippen LogP contribution in [0, 0.1) is 17.8 Å². The third-order valence-corrected chi connectivity index (χ3v) is 18.7. The number of piperazine rings is 2. The van der Waals surface area contributed by atoms with Crippen molar-refractivity contribution in [1.29, 1.82) is 0 Å². The van der Waals surface area contributed by atoms with Crippen molar-refractivity contribution in [3.05, 3.63) is 101 Å². The first-order valence-electron chi connectivity index (χ1n) is 23.4. The van der Waals surface area contributed by atoms with Crippen LogP contribution in [0.5, 0.6) is 5.75 Å². The molecule has 6 aliphatic rings. The molecule has 344 valence electrons. The van der Waals surface area contributed by atoms with Crippen LogP contribution in [-0.4, -0.2) is 130 Å². The number of sulfonamides is 1. The van der Waals surface area contributed by atoms with Gasteiger partial charge in [-0.2, -0.15) is 0 Å². The summed E-state index contributed by atoms with van der Waals surface area (Å²) >= 11 is 8.29. The average molecular weight is 931 g/mol. The topological polar surface area (TPSA) is 112 Å². The summed E-state index contributed by atoms with van der Waals surface area (Å²) in [4.78, 5) is 38.1. The molecular weight excluding hydrogens is 866 g/mol. The summed E-state index contributed by atoms with van der Waals surface area (Å²) in [7, 11) is -2.16. The van der Waals surface area contributed by atoms with E-state index in [0.29, 0.717) is 43.9 Å². The summed E-state index contributed by atoms with van der Waals surface area (Å²) in [5, 5.41) is -0.0802. The van der Waals surface area contributed by atoms with Crippen LogP contribution < -0.4 is 14.4 Å². The van der Waals surface area contributed by atoms with Crippen LogP contribution in [0.15, 0.2) is 83.8 Å². The fourth-order valence-electron chi connectivity index (χ4n) is 11.5. The lowest BCUT2D eigenvalue weighted by Crippen LogP contribution is -2.65. The van der Waals surface area contributed by atoms with Crippen LogP contribution in [0.1, 0.15) is 73.9 Å². The van der Waals surface area contributed by atoms with Crippen LogP contribution >= 0.6 is 23.4 Å². The lowest BCUT2D eigenvalue weighted by atomic mass is 9.63. The van der Waals surface area contributed by atoms with E-state index in [9.17, 15) is 18.0 Å². The molecule has 1 spiro atoms. The molecule has 3 fully saturated rings. The van der Waals surface area contributed by atoms with Gasteiger partial charge in [0.05, 0.1) is 17.5 Å². The number of fused-ring (bicyclic) bond motifs is 5. The molecule has 0 aromatic heterocycles. The summed E-state index contributed by atoms with van der Waals surface area (Å²) < 4.78 is 43.6. The van der Waals surface area contributed by atoms with Gasteiger partial charge in [0.1, 0.15) is 11.4 Å². The molecule has 0 unspecified atom stereocenters. The average Bonchev–Trinajstić information content (AvgIpc) is 3.43. The minimum Gasteiger partial charge on any atom is -0.490 e. The number of rotatable bonds is 7. The molecule has 11 nitrogen and oxygen atoms in total. The largest absolute Gasteiger partial charge is 0.490 e. The number of nitrogens with one attached hydrogen (secondary N) is 1. The quantitative estimate of drug-likeness (QED) is 0.192. The van der Waals surface area contributed by atoms with Crippen molar-refractivity contribution in [2.45, 2.75) is 86.0 Å². The third kappa shape index (κ3) is 9.36. The number of aryl methyl sites for hydroxylation is 1. The van der Waals surface area contributed by atoms with Gasteiger partial charge in [0.15, 0.2) is 0 Å². The standard InChI is InChI=1S/C50H64ClN5O6S2/c1-35-9-7-21-50(61-3,33-53-22-23-54-24-25-55(31-41(54)30-53)47(57)19-26-63-42-11-5-4-6-12-42)44-16-13-39(44)29-56-32-49(20-8-10-37-27-40(51)15-17-43(37)49)34-62-46-18-14-38(28-45(46)56)48(58)52-64(59,60)36(35)2/h4-7,11-12,14-15,17-18,21,27-28,35-36,39,41,44H,8-10,13,16,19-20,22-26,29-34H2,1-3H3,(H,52,58)/b21-7+/t35-,36+,39-,41+,44+,49-,50+/m0/s1. The number of hydrogen-bond donors (Lipinski definition) is 1. The number of allylic oxidation sites excluding steroid dienone is 1. The van der Waals surface area contributed by atoms with Crippen molar-refractivity contribution < 1.29 is 27.5 Å². The van der Waals surface area contributed by atoms with Gasteiger partial charge in [-0.05, 0) is 117 Å². The van der Waals surface area contributed by atoms with Crippen LogP contribution in [0.3, 0.4) is 0 Å². The van der Waals surface area contributed by atoms with E-state index in [-0.39, 0.29) is 35.1 Å². The number of thioether (sulfide) groups is 1. The molecule has 3 aromatic carbocycles. The maximum atomic E-state index is 13.8. The molecule has 0 radical (unpaired) electrons. The highest BCUT2D eigenvalue weighted by molar-refractivity contribution is 7.99. The Balaban J connectivity index is 0.999. The van der Waals surface area contributed by atoms with Crippen LogP contribution in [-0.2, 0) is 31.4 Å². The Morgan fingerprint density at radius 2 is 1.83 bits per heavy atom. The number of benzene rings is 3. The molecule has 3 aromatic rings. The van der Waals surface area contributed by atoms with E-state index in [1.54, 1.807) is 24.8 Å². The molecule has 1 N–H and O–H groups in total. The van der Waals surface area contributed by atoms with Crippen molar-refractivity contribution in [1.82, 2.24) is 19.4 Å². The van der Waals surface area contributed by atoms with E-state index in [0.717, 1.165) is 94.4 Å². The predicted molar refractivity (Wildman–Crippen MR) is 255 cm³/mol. The van der Waals surface area contributed by atoms with Gasteiger partial charge in [-0.25, -0.2) is 13.1 Å². The van der Waals surface area contributed by atoms with E-state index < -0.39 is 26.8 Å². The van der Waals surface area contributed by atoms with Gasteiger partial charge in [0.25, 0.3) is 5.91 Å². The normalized spacial score (nSPS) is 31.3. The van der Waals surface area contributed by atoms with Crippen molar-refractivity contribution in [3.8, 4) is 5.75 Å². The number of nitrogens with zero attached hydrogens (tertiary/aromatic N) is 4. The second-order valence-electron chi connectivity index (χ2n) is 19.4. The first-order chi connectivity index (χ1) is 30.8. The molecular formula is C50H64ClN5O6S2. The fraction of sp³-hybridized carbons (Fsp3) is 0.560. The summed E-state index contributed by atoms with van der Waals surface area (Å²) in [6.07, 6.45) is 10.4. The minimum absolute atomic E-state index is 0.190. The van der Waals surface area contributed by atoms with E-state index in [4.69, 9.17) is 21.1 Å².